The molecule has 0 radical (unpaired) electrons. The molecule has 0 bridgehead atoms. The van der Waals surface area contributed by atoms with Gasteiger partial charge in [0.25, 0.3) is 21.2 Å². The molecule has 2 fully saturated rings. The van der Waals surface area contributed by atoms with E-state index in [1.54, 1.807) is 38.5 Å². The summed E-state index contributed by atoms with van der Waals surface area (Å²) in [5, 5.41) is 0. The van der Waals surface area contributed by atoms with Crippen LogP contribution < -0.4 is 21.2 Å². The molecule has 2 aliphatic rings. The molecule has 0 aliphatic heterocycles. The van der Waals surface area contributed by atoms with Gasteiger partial charge in [0.05, 0.1) is 0 Å². The van der Waals surface area contributed by atoms with E-state index in [-0.39, 0.29) is 0 Å². The Morgan fingerprint density at radius 3 is 1.68 bits per heavy atom. The molecule has 1 heteroatoms. The molecule has 2 rings (SSSR count). The monoisotopic (exact) mass is 377 g/mol. The van der Waals surface area contributed by atoms with Gasteiger partial charge in [0.1, 0.15) is 0 Å². The first-order chi connectivity index (χ1) is 8.99. The van der Waals surface area contributed by atoms with Crippen LogP contribution in [-0.2, 0) is 0 Å². The van der Waals surface area contributed by atoms with Gasteiger partial charge in [-0.15, -0.1) is 0 Å². The molecule has 0 heterocycles. The molecule has 0 N–H and O–H groups in total. The molecular formula is C18H34I+. The lowest BCUT2D eigenvalue weighted by molar-refractivity contribution is -0.726. The van der Waals surface area contributed by atoms with Crippen LogP contribution in [0.15, 0.2) is 0 Å². The van der Waals surface area contributed by atoms with Crippen molar-refractivity contribution in [2.24, 2.45) is 17.3 Å². The summed E-state index contributed by atoms with van der Waals surface area (Å²) in [7, 11) is 0. The minimum Gasteiger partial charge on any atom is -0.0651 e. The van der Waals surface area contributed by atoms with Gasteiger partial charge < -0.3 is 0 Å². The number of hydrogen-bond donors (Lipinski definition) is 0. The van der Waals surface area contributed by atoms with Gasteiger partial charge in [-0.05, 0) is 68.6 Å². The Hall–Kier alpha value is 0.730. The van der Waals surface area contributed by atoms with Crippen LogP contribution >= 0.6 is 0 Å². The summed E-state index contributed by atoms with van der Waals surface area (Å²) >= 11 is 0.502. The van der Waals surface area contributed by atoms with Gasteiger partial charge in [0.15, 0.2) is 7.85 Å². The smallest absolute Gasteiger partial charge is 0.0651 e. The van der Waals surface area contributed by atoms with Crippen molar-refractivity contribution in [2.45, 2.75) is 93.3 Å². The van der Waals surface area contributed by atoms with Crippen molar-refractivity contribution in [1.82, 2.24) is 0 Å². The maximum Gasteiger partial charge on any atom is 0.275 e. The van der Waals surface area contributed by atoms with E-state index in [1.807, 2.05) is 0 Å². The van der Waals surface area contributed by atoms with Crippen LogP contribution in [0.5, 0.6) is 0 Å². The first-order valence-electron chi connectivity index (χ1n) is 8.61. The van der Waals surface area contributed by atoms with Gasteiger partial charge in [-0.1, -0.05) is 34.1 Å². The van der Waals surface area contributed by atoms with E-state index in [0.29, 0.717) is 26.6 Å². The van der Waals surface area contributed by atoms with Crippen LogP contribution in [0.4, 0.5) is 0 Å². The molecule has 0 saturated heterocycles. The van der Waals surface area contributed by atoms with Crippen LogP contribution in [-0.4, -0.2) is 7.85 Å². The molecule has 0 unspecified atom stereocenters. The first kappa shape index (κ1) is 16.1. The predicted octanol–water partition coefficient (Wildman–Crippen LogP) is 2.65. The van der Waals surface area contributed by atoms with Gasteiger partial charge >= 0.3 is 0 Å². The molecule has 2 saturated carbocycles. The largest absolute Gasteiger partial charge is 0.275 e. The molecule has 0 aromatic rings. The Balaban J connectivity index is 1.69. The van der Waals surface area contributed by atoms with Crippen molar-refractivity contribution in [3.63, 3.8) is 0 Å². The number of halogens is 1. The summed E-state index contributed by atoms with van der Waals surface area (Å²) in [5.74, 6) is 2.08. The standard InChI is InChI=1S/C18H34I/c1-5-14-6-10-16(11-7-14)19-17-12-8-15(9-13-17)18(2,3)4/h14-17H,5-13H2,1-4H3/q+1. The fourth-order valence-electron chi connectivity index (χ4n) is 3.95. The third kappa shape index (κ3) is 4.89. The van der Waals surface area contributed by atoms with E-state index in [0.717, 1.165) is 11.8 Å². The molecule has 0 nitrogen and oxygen atoms in total. The van der Waals surface area contributed by atoms with Gasteiger partial charge in [-0.25, -0.2) is 0 Å². The summed E-state index contributed by atoms with van der Waals surface area (Å²) in [6.45, 7) is 9.71. The number of hydrogen-bond acceptors (Lipinski definition) is 0. The molecule has 0 aromatic carbocycles. The van der Waals surface area contributed by atoms with Crippen molar-refractivity contribution in [1.29, 1.82) is 0 Å². The van der Waals surface area contributed by atoms with E-state index in [4.69, 9.17) is 0 Å². The zero-order valence-corrected chi connectivity index (χ0v) is 15.7. The molecule has 2 aliphatic carbocycles. The Bertz CT molecular complexity index is 249. The normalized spacial score (nSPS) is 37.3. The van der Waals surface area contributed by atoms with Gasteiger partial charge in [-0.3, -0.25) is 0 Å². The Morgan fingerprint density at radius 1 is 0.789 bits per heavy atom. The zero-order chi connectivity index (χ0) is 13.9. The minimum atomic E-state index is 0.502. The zero-order valence-electron chi connectivity index (χ0n) is 13.6. The highest BCUT2D eigenvalue weighted by Gasteiger charge is 2.39. The van der Waals surface area contributed by atoms with Gasteiger partial charge in [-0.2, -0.15) is 0 Å². The Labute approximate surface area is 131 Å². The van der Waals surface area contributed by atoms with Crippen molar-refractivity contribution < 1.29 is 21.2 Å². The Morgan fingerprint density at radius 2 is 1.26 bits per heavy atom. The molecule has 0 spiro atoms. The van der Waals surface area contributed by atoms with Gasteiger partial charge in [0.2, 0.25) is 0 Å². The van der Waals surface area contributed by atoms with E-state index in [1.165, 1.54) is 27.1 Å². The molecule has 112 valence electrons. The second-order valence-corrected chi connectivity index (χ2v) is 12.2. The Kier molecular flexibility index (Phi) is 6.05. The van der Waals surface area contributed by atoms with Crippen molar-refractivity contribution >= 4 is 0 Å². The van der Waals surface area contributed by atoms with Crippen molar-refractivity contribution in [3.8, 4) is 0 Å². The molecule has 19 heavy (non-hydrogen) atoms. The topological polar surface area (TPSA) is 0 Å². The molecule has 0 atom stereocenters. The fourth-order valence-corrected chi connectivity index (χ4v) is 8.27. The average molecular weight is 377 g/mol. The van der Waals surface area contributed by atoms with Gasteiger partial charge in [0, 0.05) is 0 Å². The summed E-state index contributed by atoms with van der Waals surface area (Å²) in [4.78, 5) is 0. The van der Waals surface area contributed by atoms with Crippen LogP contribution in [0.25, 0.3) is 0 Å². The second-order valence-electron chi connectivity index (χ2n) is 7.97. The van der Waals surface area contributed by atoms with Crippen LogP contribution in [0.1, 0.15) is 85.5 Å². The molecular weight excluding hydrogens is 343 g/mol. The second kappa shape index (κ2) is 7.13. The summed E-state index contributed by atoms with van der Waals surface area (Å²) in [6, 6.07) is 0. The maximum absolute atomic E-state index is 2.44. The fraction of sp³-hybridized carbons (Fsp3) is 1.00. The highest BCUT2D eigenvalue weighted by Crippen LogP contribution is 2.36. The lowest BCUT2D eigenvalue weighted by atomic mass is 9.72. The minimum absolute atomic E-state index is 0.502. The highest BCUT2D eigenvalue weighted by molar-refractivity contribution is 4.80. The SMILES string of the molecule is CCC1CCC([I+]C2CCC(C(C)(C)C)CC2)CC1. The maximum atomic E-state index is 2.44. The predicted molar refractivity (Wildman–Crippen MR) is 81.2 cm³/mol. The highest BCUT2D eigenvalue weighted by atomic mass is 127. The van der Waals surface area contributed by atoms with E-state index in [9.17, 15) is 0 Å². The number of rotatable bonds is 3. The molecule has 0 aromatic heterocycles. The third-order valence-corrected chi connectivity index (χ3v) is 10.1. The van der Waals surface area contributed by atoms with E-state index < -0.39 is 0 Å². The third-order valence-electron chi connectivity index (χ3n) is 5.59. The van der Waals surface area contributed by atoms with Crippen LogP contribution in [0.2, 0.25) is 0 Å². The van der Waals surface area contributed by atoms with Crippen molar-refractivity contribution in [3.05, 3.63) is 0 Å². The summed E-state index contributed by atoms with van der Waals surface area (Å²) in [6.07, 6.45) is 13.9. The first-order valence-corrected chi connectivity index (χ1v) is 11.1. The van der Waals surface area contributed by atoms with Crippen molar-refractivity contribution in [2.75, 3.05) is 0 Å². The van der Waals surface area contributed by atoms with E-state index >= 15 is 0 Å². The summed E-state index contributed by atoms with van der Waals surface area (Å²) in [5.41, 5.74) is 0.558. The van der Waals surface area contributed by atoms with Crippen LogP contribution in [0.3, 0.4) is 0 Å². The lowest BCUT2D eigenvalue weighted by Gasteiger charge is -2.34. The van der Waals surface area contributed by atoms with E-state index in [2.05, 4.69) is 27.7 Å². The quantitative estimate of drug-likeness (QED) is 0.524. The summed E-state index contributed by atoms with van der Waals surface area (Å²) < 4.78 is 2.37. The lowest BCUT2D eigenvalue weighted by Crippen LogP contribution is -3.68. The average Bonchev–Trinajstić information content (AvgIpc) is 2.39. The number of alkyl halides is 2. The molecule has 0 amide bonds. The van der Waals surface area contributed by atoms with Crippen LogP contribution in [0, 0.1) is 17.3 Å².